The SMILES string of the molecule is CCC[CH2][Sn]([CH2]CCC)([CH2]CCC)[CH2]S(=O)(=O)c1cccc2c1ccc1ccccc12. The first kappa shape index (κ1) is 24.6. The molecule has 0 unspecified atom stereocenters. The Kier molecular flexibility index (Phi) is 8.86. The van der Waals surface area contributed by atoms with Crippen LogP contribution in [-0.4, -0.2) is 30.6 Å². The Hall–Kier alpha value is -1.07. The third kappa shape index (κ3) is 5.84. The average molecular weight is 545 g/mol. The van der Waals surface area contributed by atoms with Gasteiger partial charge in [-0.1, -0.05) is 0 Å². The molecule has 31 heavy (non-hydrogen) atoms. The molecule has 0 spiro atoms. The van der Waals surface area contributed by atoms with Gasteiger partial charge in [-0.2, -0.15) is 0 Å². The van der Waals surface area contributed by atoms with Crippen LogP contribution in [0.25, 0.3) is 21.5 Å². The Morgan fingerprint density at radius 2 is 1.23 bits per heavy atom. The second kappa shape index (κ2) is 11.2. The van der Waals surface area contributed by atoms with Crippen molar-refractivity contribution in [3.63, 3.8) is 0 Å². The Balaban J connectivity index is 2.07. The van der Waals surface area contributed by atoms with Crippen LogP contribution in [0.4, 0.5) is 0 Å². The summed E-state index contributed by atoms with van der Waals surface area (Å²) in [5, 5.41) is 4.24. The van der Waals surface area contributed by atoms with Crippen molar-refractivity contribution in [2.75, 3.05) is 3.77 Å². The molecule has 3 aromatic rings. The third-order valence-corrected chi connectivity index (χ3v) is 29.4. The van der Waals surface area contributed by atoms with Crippen LogP contribution in [0.2, 0.25) is 13.3 Å². The quantitative estimate of drug-likeness (QED) is 0.170. The zero-order valence-corrected chi connectivity index (χ0v) is 23.2. The molecule has 4 heteroatoms. The van der Waals surface area contributed by atoms with Crippen molar-refractivity contribution in [2.24, 2.45) is 0 Å². The van der Waals surface area contributed by atoms with E-state index in [1.54, 1.807) is 0 Å². The van der Waals surface area contributed by atoms with Crippen molar-refractivity contribution in [3.8, 4) is 0 Å². The van der Waals surface area contributed by atoms with Gasteiger partial charge in [0.15, 0.2) is 0 Å². The summed E-state index contributed by atoms with van der Waals surface area (Å²) in [7, 11) is -3.31. The van der Waals surface area contributed by atoms with Crippen molar-refractivity contribution in [3.05, 3.63) is 54.6 Å². The summed E-state index contributed by atoms with van der Waals surface area (Å²) in [4.78, 5) is 0.557. The molecule has 0 aliphatic rings. The molecule has 168 valence electrons. The van der Waals surface area contributed by atoms with Crippen LogP contribution in [0.5, 0.6) is 0 Å². The molecule has 0 bridgehead atoms. The van der Waals surface area contributed by atoms with Gasteiger partial charge in [0.25, 0.3) is 0 Å². The van der Waals surface area contributed by atoms with Gasteiger partial charge in [0.05, 0.1) is 0 Å². The zero-order chi connectivity index (χ0) is 22.3. The molecule has 0 atom stereocenters. The van der Waals surface area contributed by atoms with Crippen LogP contribution in [-0.2, 0) is 9.84 Å². The van der Waals surface area contributed by atoms with Gasteiger partial charge in [0.2, 0.25) is 0 Å². The zero-order valence-electron chi connectivity index (χ0n) is 19.5. The molecular formula is C27H38O2SSn. The molecule has 0 amide bonds. The van der Waals surface area contributed by atoms with Gasteiger partial charge in [-0.05, 0) is 0 Å². The first-order valence-corrected chi connectivity index (χ1v) is 21.8. The maximum absolute atomic E-state index is 13.9. The second-order valence-electron chi connectivity index (χ2n) is 9.21. The first-order chi connectivity index (χ1) is 15.0. The molecule has 0 aromatic heterocycles. The molecule has 0 fully saturated rings. The first-order valence-electron chi connectivity index (χ1n) is 12.1. The molecule has 0 heterocycles. The summed E-state index contributed by atoms with van der Waals surface area (Å²) < 4.78 is 32.0. The predicted molar refractivity (Wildman–Crippen MR) is 138 cm³/mol. The molecule has 0 saturated heterocycles. The minimum absolute atomic E-state index is 0.480. The van der Waals surface area contributed by atoms with Crippen LogP contribution in [0.15, 0.2) is 59.5 Å². The Morgan fingerprint density at radius 3 is 1.84 bits per heavy atom. The third-order valence-electron chi connectivity index (χ3n) is 6.76. The fourth-order valence-electron chi connectivity index (χ4n) is 5.01. The van der Waals surface area contributed by atoms with E-state index in [2.05, 4.69) is 45.0 Å². The number of fused-ring (bicyclic) bond motifs is 3. The number of rotatable bonds is 12. The van der Waals surface area contributed by atoms with Gasteiger partial charge in [-0.15, -0.1) is 0 Å². The molecule has 3 rings (SSSR count). The van der Waals surface area contributed by atoms with Gasteiger partial charge < -0.3 is 0 Å². The van der Waals surface area contributed by atoms with Crippen LogP contribution in [0.3, 0.4) is 0 Å². The summed E-state index contributed by atoms with van der Waals surface area (Å²) in [5.74, 6) is 0. The minimum atomic E-state index is -3.31. The fourth-order valence-corrected chi connectivity index (χ4v) is 30.7. The van der Waals surface area contributed by atoms with Crippen molar-refractivity contribution >= 4 is 49.8 Å². The van der Waals surface area contributed by atoms with E-state index < -0.39 is 28.2 Å². The number of hydrogen-bond donors (Lipinski definition) is 0. The van der Waals surface area contributed by atoms with Crippen molar-refractivity contribution < 1.29 is 8.42 Å². The Bertz CT molecular complexity index is 1080. The van der Waals surface area contributed by atoms with Gasteiger partial charge in [0.1, 0.15) is 0 Å². The summed E-state index contributed by atoms with van der Waals surface area (Å²) in [6.45, 7) is 6.71. The molecule has 2 nitrogen and oxygen atoms in total. The van der Waals surface area contributed by atoms with E-state index in [0.29, 0.717) is 8.66 Å². The van der Waals surface area contributed by atoms with Crippen LogP contribution in [0, 0.1) is 0 Å². The fraction of sp³-hybridized carbons (Fsp3) is 0.481. The molecule has 0 aliphatic heterocycles. The Morgan fingerprint density at radius 1 is 0.645 bits per heavy atom. The van der Waals surface area contributed by atoms with Gasteiger partial charge >= 0.3 is 194 Å². The molecule has 0 saturated carbocycles. The second-order valence-corrected chi connectivity index (χ2v) is 26.5. The van der Waals surface area contributed by atoms with Crippen molar-refractivity contribution in [1.82, 2.24) is 0 Å². The van der Waals surface area contributed by atoms with Crippen molar-refractivity contribution in [2.45, 2.75) is 77.5 Å². The molecule has 0 N–H and O–H groups in total. The van der Waals surface area contributed by atoms with E-state index in [0.717, 1.165) is 40.8 Å². The van der Waals surface area contributed by atoms with Crippen LogP contribution >= 0.6 is 0 Å². The van der Waals surface area contributed by atoms with Gasteiger partial charge in [0, 0.05) is 0 Å². The topological polar surface area (TPSA) is 34.1 Å². The van der Waals surface area contributed by atoms with E-state index in [-0.39, 0.29) is 0 Å². The number of sulfone groups is 1. The van der Waals surface area contributed by atoms with E-state index in [4.69, 9.17) is 0 Å². The Labute approximate surface area is 193 Å². The van der Waals surface area contributed by atoms with E-state index in [1.807, 2.05) is 30.3 Å². The summed E-state index contributed by atoms with van der Waals surface area (Å²) in [5.41, 5.74) is 0. The van der Waals surface area contributed by atoms with E-state index >= 15 is 0 Å². The average Bonchev–Trinajstić information content (AvgIpc) is 2.79. The van der Waals surface area contributed by atoms with Crippen molar-refractivity contribution in [1.29, 1.82) is 0 Å². The van der Waals surface area contributed by atoms with Crippen LogP contribution in [0.1, 0.15) is 59.3 Å². The summed E-state index contributed by atoms with van der Waals surface area (Å²) in [6.07, 6.45) is 7.07. The molecule has 3 aromatic carbocycles. The molecular weight excluding hydrogens is 507 g/mol. The summed E-state index contributed by atoms with van der Waals surface area (Å²) in [6, 6.07) is 18.2. The van der Waals surface area contributed by atoms with Gasteiger partial charge in [-0.25, -0.2) is 0 Å². The molecule has 0 aliphatic carbocycles. The summed E-state index contributed by atoms with van der Waals surface area (Å²) >= 11 is -2.82. The van der Waals surface area contributed by atoms with E-state index in [1.165, 1.54) is 32.6 Å². The van der Waals surface area contributed by atoms with E-state index in [9.17, 15) is 8.42 Å². The maximum atomic E-state index is 13.9. The standard InChI is InChI=1S/C15H11O2S.3C4H9.Sn/c1-18(16,17)15-8-4-7-13-12-6-3-2-5-11(12)9-10-14(13)15;3*1-3-4-2;/h2-10H,1H2;3*1,3-4H2,2H3;. The van der Waals surface area contributed by atoms with Gasteiger partial charge in [-0.3, -0.25) is 0 Å². The number of hydrogen-bond acceptors (Lipinski definition) is 2. The normalized spacial score (nSPS) is 12.6. The molecule has 0 radical (unpaired) electrons. The monoisotopic (exact) mass is 546 g/mol. The number of benzene rings is 3. The number of unbranched alkanes of at least 4 members (excludes halogenated alkanes) is 3. The van der Waals surface area contributed by atoms with Crippen LogP contribution < -0.4 is 0 Å². The predicted octanol–water partition coefficient (Wildman–Crippen LogP) is 8.16.